The van der Waals surface area contributed by atoms with Gasteiger partial charge < -0.3 is 13.9 Å². The highest BCUT2D eigenvalue weighted by Crippen LogP contribution is 2.25. The first kappa shape index (κ1) is 18.7. The topological polar surface area (TPSA) is 65.7 Å². The van der Waals surface area contributed by atoms with Crippen LogP contribution in [0.15, 0.2) is 57.9 Å². The van der Waals surface area contributed by atoms with Crippen LogP contribution >= 0.6 is 0 Å². The number of ether oxygens (including phenoxy) is 2. The highest BCUT2D eigenvalue weighted by molar-refractivity contribution is 5.81. The molecule has 3 aromatic rings. The summed E-state index contributed by atoms with van der Waals surface area (Å²) in [5.74, 6) is 0.602. The van der Waals surface area contributed by atoms with Gasteiger partial charge in [0.1, 0.15) is 23.3 Å². The van der Waals surface area contributed by atoms with Crippen molar-refractivity contribution in [3.8, 4) is 17.2 Å². The van der Waals surface area contributed by atoms with Gasteiger partial charge in [-0.15, -0.1) is 0 Å². The molecule has 3 rings (SSSR count). The maximum Gasteiger partial charge on any atom is 0.314 e. The normalized spacial score (nSPS) is 11.0. The van der Waals surface area contributed by atoms with E-state index in [1.165, 1.54) is 6.26 Å². The minimum Gasteiger partial charge on any atom is -0.460 e. The number of hydrogen-bond donors (Lipinski definition) is 0. The lowest BCUT2D eigenvalue weighted by Gasteiger charge is -2.12. The first-order valence-corrected chi connectivity index (χ1v) is 9.03. The molecule has 0 aliphatic rings. The fourth-order valence-electron chi connectivity index (χ4n) is 2.78. The summed E-state index contributed by atoms with van der Waals surface area (Å²) in [5, 5.41) is 0.363. The Morgan fingerprint density at radius 2 is 1.70 bits per heavy atom. The molecule has 0 fully saturated rings. The van der Waals surface area contributed by atoms with Gasteiger partial charge in [-0.25, -0.2) is 0 Å². The quantitative estimate of drug-likeness (QED) is 0.441. The van der Waals surface area contributed by atoms with Gasteiger partial charge in [-0.2, -0.15) is 0 Å². The van der Waals surface area contributed by atoms with Gasteiger partial charge in [0.25, 0.3) is 0 Å². The van der Waals surface area contributed by atoms with Gasteiger partial charge in [0.05, 0.1) is 11.3 Å². The second-order valence-corrected chi connectivity index (χ2v) is 6.44. The minimum atomic E-state index is -0.283. The average molecular weight is 366 g/mol. The monoisotopic (exact) mass is 366 g/mol. The standard InChI is InChI=1S/C22H22O5/c1-4-15(5-2)22(24)27-17-10-11-18-19(12-17)25-13-20(21(18)23)26-16-8-6-14(3)7-9-16/h6-13,15H,4-5H2,1-3H3. The van der Waals surface area contributed by atoms with Crippen LogP contribution in [0, 0.1) is 12.8 Å². The average Bonchev–Trinajstić information content (AvgIpc) is 2.67. The zero-order valence-electron chi connectivity index (χ0n) is 15.7. The highest BCUT2D eigenvalue weighted by Gasteiger charge is 2.17. The Bertz CT molecular complexity index is 997. The van der Waals surface area contributed by atoms with Gasteiger partial charge in [-0.1, -0.05) is 31.5 Å². The van der Waals surface area contributed by atoms with Crippen molar-refractivity contribution in [2.24, 2.45) is 5.92 Å². The van der Waals surface area contributed by atoms with E-state index in [2.05, 4.69) is 0 Å². The molecule has 0 aliphatic heterocycles. The maximum atomic E-state index is 12.6. The van der Waals surface area contributed by atoms with Crippen molar-refractivity contribution in [3.05, 3.63) is 64.5 Å². The van der Waals surface area contributed by atoms with E-state index >= 15 is 0 Å². The van der Waals surface area contributed by atoms with Gasteiger partial charge >= 0.3 is 5.97 Å². The first-order chi connectivity index (χ1) is 13.0. The summed E-state index contributed by atoms with van der Waals surface area (Å²) in [4.78, 5) is 24.8. The minimum absolute atomic E-state index is 0.105. The van der Waals surface area contributed by atoms with Crippen LogP contribution in [0.3, 0.4) is 0 Å². The maximum absolute atomic E-state index is 12.6. The van der Waals surface area contributed by atoms with E-state index in [-0.39, 0.29) is 23.1 Å². The molecule has 5 heteroatoms. The summed E-state index contributed by atoms with van der Waals surface area (Å²) in [7, 11) is 0. The molecule has 27 heavy (non-hydrogen) atoms. The van der Waals surface area contributed by atoms with Crippen LogP contribution in [-0.2, 0) is 4.79 Å². The first-order valence-electron chi connectivity index (χ1n) is 9.03. The predicted octanol–water partition coefficient (Wildman–Crippen LogP) is 5.24. The lowest BCUT2D eigenvalue weighted by molar-refractivity contribution is -0.139. The van der Waals surface area contributed by atoms with Crippen molar-refractivity contribution in [3.63, 3.8) is 0 Å². The molecule has 0 unspecified atom stereocenters. The molecule has 0 amide bonds. The van der Waals surface area contributed by atoms with Crippen LogP contribution in [0.1, 0.15) is 32.3 Å². The van der Waals surface area contributed by atoms with Crippen LogP contribution in [0.25, 0.3) is 11.0 Å². The van der Waals surface area contributed by atoms with Crippen molar-refractivity contribution in [2.75, 3.05) is 0 Å². The van der Waals surface area contributed by atoms with E-state index in [0.717, 1.165) is 18.4 Å². The molecule has 5 nitrogen and oxygen atoms in total. The summed E-state index contributed by atoms with van der Waals surface area (Å²) >= 11 is 0. The fraction of sp³-hybridized carbons (Fsp3) is 0.273. The molecular weight excluding hydrogens is 344 g/mol. The van der Waals surface area contributed by atoms with Crippen LogP contribution < -0.4 is 14.9 Å². The fourth-order valence-corrected chi connectivity index (χ4v) is 2.78. The van der Waals surface area contributed by atoms with E-state index in [9.17, 15) is 9.59 Å². The molecular formula is C22H22O5. The Morgan fingerprint density at radius 3 is 2.37 bits per heavy atom. The zero-order valence-corrected chi connectivity index (χ0v) is 15.7. The number of benzene rings is 2. The molecule has 0 bridgehead atoms. The molecule has 140 valence electrons. The summed E-state index contributed by atoms with van der Waals surface area (Å²) in [5.41, 5.74) is 1.16. The number of esters is 1. The van der Waals surface area contributed by atoms with E-state index in [0.29, 0.717) is 22.5 Å². The second kappa shape index (κ2) is 8.08. The molecule has 0 aliphatic carbocycles. The number of carbonyl (C=O) groups is 1. The summed E-state index contributed by atoms with van der Waals surface area (Å²) in [6.07, 6.45) is 2.71. The number of rotatable bonds is 6. The van der Waals surface area contributed by atoms with Gasteiger partial charge in [0.15, 0.2) is 0 Å². The molecule has 2 aromatic carbocycles. The van der Waals surface area contributed by atoms with Gasteiger partial charge in [-0.05, 0) is 44.0 Å². The molecule has 0 saturated heterocycles. The third-order valence-electron chi connectivity index (χ3n) is 4.50. The lowest BCUT2D eigenvalue weighted by Crippen LogP contribution is -2.19. The third-order valence-corrected chi connectivity index (χ3v) is 4.50. The Kier molecular flexibility index (Phi) is 5.60. The number of fused-ring (bicyclic) bond motifs is 1. The smallest absolute Gasteiger partial charge is 0.314 e. The molecule has 0 N–H and O–H groups in total. The zero-order chi connectivity index (χ0) is 19.4. The third kappa shape index (κ3) is 4.19. The van der Waals surface area contributed by atoms with Crippen molar-refractivity contribution in [1.82, 2.24) is 0 Å². The number of carbonyl (C=O) groups excluding carboxylic acids is 1. The van der Waals surface area contributed by atoms with Crippen LogP contribution in [0.4, 0.5) is 0 Å². The van der Waals surface area contributed by atoms with E-state index < -0.39 is 0 Å². The van der Waals surface area contributed by atoms with Crippen molar-refractivity contribution >= 4 is 16.9 Å². The molecule has 1 heterocycles. The van der Waals surface area contributed by atoms with Crippen LogP contribution in [0.2, 0.25) is 0 Å². The SMILES string of the molecule is CCC(CC)C(=O)Oc1ccc2c(=O)c(Oc3ccc(C)cc3)coc2c1. The Labute approximate surface area is 157 Å². The number of aryl methyl sites for hydroxylation is 1. The number of hydrogen-bond acceptors (Lipinski definition) is 5. The Morgan fingerprint density at radius 1 is 1.04 bits per heavy atom. The summed E-state index contributed by atoms with van der Waals surface area (Å²) < 4.78 is 16.6. The van der Waals surface area contributed by atoms with Gasteiger partial charge in [-0.3, -0.25) is 9.59 Å². The van der Waals surface area contributed by atoms with E-state index in [1.807, 2.05) is 32.9 Å². The Balaban J connectivity index is 1.86. The molecule has 0 atom stereocenters. The van der Waals surface area contributed by atoms with Crippen molar-refractivity contribution in [1.29, 1.82) is 0 Å². The molecule has 1 aromatic heterocycles. The second-order valence-electron chi connectivity index (χ2n) is 6.44. The summed E-state index contributed by atoms with van der Waals surface area (Å²) in [6, 6.07) is 12.1. The van der Waals surface area contributed by atoms with Gasteiger partial charge in [0, 0.05) is 6.07 Å². The van der Waals surface area contributed by atoms with Crippen LogP contribution in [-0.4, -0.2) is 5.97 Å². The van der Waals surface area contributed by atoms with Crippen LogP contribution in [0.5, 0.6) is 17.2 Å². The summed E-state index contributed by atoms with van der Waals surface area (Å²) in [6.45, 7) is 5.87. The molecule has 0 spiro atoms. The van der Waals surface area contributed by atoms with E-state index in [1.54, 1.807) is 30.3 Å². The van der Waals surface area contributed by atoms with Gasteiger partial charge in [0.2, 0.25) is 11.2 Å². The Hall–Kier alpha value is -3.08. The molecule has 0 radical (unpaired) electrons. The lowest BCUT2D eigenvalue weighted by atomic mass is 10.0. The largest absolute Gasteiger partial charge is 0.460 e. The van der Waals surface area contributed by atoms with Crippen molar-refractivity contribution in [2.45, 2.75) is 33.6 Å². The predicted molar refractivity (Wildman–Crippen MR) is 103 cm³/mol. The highest BCUT2D eigenvalue weighted by atomic mass is 16.5. The van der Waals surface area contributed by atoms with E-state index in [4.69, 9.17) is 13.9 Å². The van der Waals surface area contributed by atoms with Crippen molar-refractivity contribution < 1.29 is 18.7 Å². The molecule has 0 saturated carbocycles.